The molecule has 0 fully saturated rings. The van der Waals surface area contributed by atoms with Gasteiger partial charge in [-0.2, -0.15) is 4.98 Å². The van der Waals surface area contributed by atoms with Crippen LogP contribution in [0.1, 0.15) is 21.8 Å². The molecule has 0 saturated carbocycles. The number of esters is 1. The zero-order chi connectivity index (χ0) is 20.3. The van der Waals surface area contributed by atoms with E-state index in [1.807, 2.05) is 31.2 Å². The number of carbonyl (C=O) groups excluding carboxylic acids is 1. The average Bonchev–Trinajstić information content (AvgIpc) is 3.15. The normalized spacial score (nSPS) is 11.4. The molecule has 0 atom stereocenters. The molecular weight excluding hydrogens is 406 g/mol. The Balaban J connectivity index is 1.78. The highest BCUT2D eigenvalue weighted by Crippen LogP contribution is 2.22. The van der Waals surface area contributed by atoms with Crippen LogP contribution in [0.4, 0.5) is 0 Å². The number of methoxy groups -OCH3 is 1. The van der Waals surface area contributed by atoms with Gasteiger partial charge in [0.2, 0.25) is 21.7 Å². The predicted molar refractivity (Wildman–Crippen MR) is 101 cm³/mol. The van der Waals surface area contributed by atoms with Crippen LogP contribution < -0.4 is 4.72 Å². The molecule has 0 amide bonds. The molecule has 0 radical (unpaired) electrons. The van der Waals surface area contributed by atoms with Crippen LogP contribution in [0.15, 0.2) is 51.9 Å². The molecule has 146 valence electrons. The van der Waals surface area contributed by atoms with Gasteiger partial charge in [-0.05, 0) is 30.7 Å². The Morgan fingerprint density at radius 1 is 1.25 bits per heavy atom. The van der Waals surface area contributed by atoms with Crippen molar-refractivity contribution in [3.05, 3.63) is 64.5 Å². The Labute approximate surface area is 166 Å². The summed E-state index contributed by atoms with van der Waals surface area (Å²) in [6, 6.07) is 11.2. The number of hydrogen-bond donors (Lipinski definition) is 1. The maximum absolute atomic E-state index is 12.5. The fourth-order valence-electron chi connectivity index (χ4n) is 2.44. The molecule has 3 aromatic rings. The lowest BCUT2D eigenvalue weighted by molar-refractivity contribution is 0.0600. The molecule has 0 spiro atoms. The molecule has 0 saturated heterocycles. The number of hydrogen-bond acceptors (Lipinski definition) is 7. The first kappa shape index (κ1) is 20.0. The lowest BCUT2D eigenvalue weighted by Crippen LogP contribution is -2.23. The van der Waals surface area contributed by atoms with Crippen LogP contribution in [0.5, 0.6) is 0 Å². The van der Waals surface area contributed by atoms with Crippen molar-refractivity contribution in [2.45, 2.75) is 18.4 Å². The second-order valence-corrected chi connectivity index (χ2v) is 7.96. The third-order valence-electron chi connectivity index (χ3n) is 3.92. The number of aromatic nitrogens is 2. The van der Waals surface area contributed by atoms with E-state index < -0.39 is 16.0 Å². The molecule has 1 heterocycles. The summed E-state index contributed by atoms with van der Waals surface area (Å²) in [4.78, 5) is 15.8. The Hall–Kier alpha value is -2.75. The van der Waals surface area contributed by atoms with Crippen molar-refractivity contribution in [3.63, 3.8) is 0 Å². The van der Waals surface area contributed by atoms with Gasteiger partial charge >= 0.3 is 5.97 Å². The number of carbonyl (C=O) groups is 1. The number of benzene rings is 2. The van der Waals surface area contributed by atoms with E-state index in [1.165, 1.54) is 19.2 Å². The first-order chi connectivity index (χ1) is 13.3. The van der Waals surface area contributed by atoms with Gasteiger partial charge in [0.05, 0.1) is 29.1 Å². The lowest BCUT2D eigenvalue weighted by Gasteiger charge is -2.07. The van der Waals surface area contributed by atoms with Gasteiger partial charge in [0, 0.05) is 5.56 Å². The summed E-state index contributed by atoms with van der Waals surface area (Å²) < 4.78 is 37.1. The van der Waals surface area contributed by atoms with Crippen molar-refractivity contribution < 1.29 is 22.5 Å². The highest BCUT2D eigenvalue weighted by atomic mass is 35.5. The second kappa shape index (κ2) is 8.09. The van der Waals surface area contributed by atoms with Crippen LogP contribution in [0.3, 0.4) is 0 Å². The predicted octanol–water partition coefficient (Wildman–Crippen LogP) is 2.96. The molecule has 28 heavy (non-hydrogen) atoms. The second-order valence-electron chi connectivity index (χ2n) is 5.78. The molecule has 3 rings (SSSR count). The van der Waals surface area contributed by atoms with Crippen molar-refractivity contribution in [2.75, 3.05) is 7.11 Å². The van der Waals surface area contributed by atoms with Crippen LogP contribution in [0, 0.1) is 6.92 Å². The highest BCUT2D eigenvalue weighted by Gasteiger charge is 2.20. The van der Waals surface area contributed by atoms with Crippen LogP contribution >= 0.6 is 11.6 Å². The maximum Gasteiger partial charge on any atom is 0.339 e. The van der Waals surface area contributed by atoms with E-state index >= 15 is 0 Å². The largest absolute Gasteiger partial charge is 0.465 e. The smallest absolute Gasteiger partial charge is 0.339 e. The summed E-state index contributed by atoms with van der Waals surface area (Å²) in [6.07, 6.45) is 0. The zero-order valence-electron chi connectivity index (χ0n) is 15.0. The van der Waals surface area contributed by atoms with Gasteiger partial charge in [-0.15, -0.1) is 0 Å². The van der Waals surface area contributed by atoms with Gasteiger partial charge in [-0.1, -0.05) is 41.0 Å². The zero-order valence-corrected chi connectivity index (χ0v) is 16.5. The number of halogens is 1. The molecular formula is C18H16ClN3O5S. The standard InChI is InChI=1S/C18H16ClN3O5S/c1-11-5-3-4-6-13(11)17-21-16(27-22-17)10-20-28(24,25)12-7-8-15(19)14(9-12)18(23)26-2/h3-9,20H,10H2,1-2H3. The van der Waals surface area contributed by atoms with E-state index in [-0.39, 0.29) is 27.9 Å². The molecule has 10 heteroatoms. The number of aryl methyl sites for hydroxylation is 1. The minimum Gasteiger partial charge on any atom is -0.465 e. The van der Waals surface area contributed by atoms with Crippen molar-refractivity contribution >= 4 is 27.6 Å². The molecule has 0 aliphatic carbocycles. The van der Waals surface area contributed by atoms with Gasteiger partial charge in [-0.25, -0.2) is 17.9 Å². The molecule has 0 aliphatic heterocycles. The van der Waals surface area contributed by atoms with Crippen LogP contribution in [0.2, 0.25) is 5.02 Å². The highest BCUT2D eigenvalue weighted by molar-refractivity contribution is 7.89. The first-order valence-corrected chi connectivity index (χ1v) is 9.94. The Bertz CT molecular complexity index is 1130. The van der Waals surface area contributed by atoms with E-state index in [0.29, 0.717) is 5.82 Å². The fourth-order valence-corrected chi connectivity index (χ4v) is 3.63. The summed E-state index contributed by atoms with van der Waals surface area (Å²) in [5.74, 6) is -0.266. The number of nitrogens with one attached hydrogen (secondary N) is 1. The molecule has 1 aromatic heterocycles. The maximum atomic E-state index is 12.5. The van der Waals surface area contributed by atoms with Gasteiger partial charge in [0.25, 0.3) is 0 Å². The topological polar surface area (TPSA) is 111 Å². The summed E-state index contributed by atoms with van der Waals surface area (Å²) >= 11 is 5.92. The molecule has 0 unspecified atom stereocenters. The monoisotopic (exact) mass is 421 g/mol. The van der Waals surface area contributed by atoms with E-state index in [0.717, 1.165) is 17.2 Å². The SMILES string of the molecule is COC(=O)c1cc(S(=O)(=O)NCc2nc(-c3ccccc3C)no2)ccc1Cl. The van der Waals surface area contributed by atoms with Crippen LogP contribution in [-0.4, -0.2) is 31.6 Å². The minimum atomic E-state index is -3.95. The Morgan fingerprint density at radius 3 is 2.71 bits per heavy atom. The third-order valence-corrected chi connectivity index (χ3v) is 5.65. The molecule has 2 aromatic carbocycles. The molecule has 1 N–H and O–H groups in total. The van der Waals surface area contributed by atoms with Gasteiger partial charge < -0.3 is 9.26 Å². The van der Waals surface area contributed by atoms with Gasteiger partial charge in [0.15, 0.2) is 0 Å². The van der Waals surface area contributed by atoms with E-state index in [9.17, 15) is 13.2 Å². The summed E-state index contributed by atoms with van der Waals surface area (Å²) in [7, 11) is -2.77. The Kier molecular flexibility index (Phi) is 5.78. The summed E-state index contributed by atoms with van der Waals surface area (Å²) in [5.41, 5.74) is 1.71. The average molecular weight is 422 g/mol. The summed E-state index contributed by atoms with van der Waals surface area (Å²) in [5, 5.41) is 3.97. The number of ether oxygens (including phenoxy) is 1. The van der Waals surface area contributed by atoms with Crippen LogP contribution in [-0.2, 0) is 21.3 Å². The molecule has 8 nitrogen and oxygen atoms in total. The van der Waals surface area contributed by atoms with Crippen molar-refractivity contribution in [2.24, 2.45) is 0 Å². The third kappa shape index (κ3) is 4.22. The number of nitrogens with zero attached hydrogens (tertiary/aromatic N) is 2. The fraction of sp³-hybridized carbons (Fsp3) is 0.167. The van der Waals surface area contributed by atoms with Crippen LogP contribution in [0.25, 0.3) is 11.4 Å². The van der Waals surface area contributed by atoms with E-state index in [4.69, 9.17) is 16.1 Å². The quantitative estimate of drug-likeness (QED) is 0.609. The molecule has 0 bridgehead atoms. The van der Waals surface area contributed by atoms with Crippen molar-refractivity contribution in [3.8, 4) is 11.4 Å². The summed E-state index contributed by atoms with van der Waals surface area (Å²) in [6.45, 7) is 1.70. The van der Waals surface area contributed by atoms with Gasteiger partial charge in [-0.3, -0.25) is 0 Å². The van der Waals surface area contributed by atoms with Gasteiger partial charge in [0.1, 0.15) is 0 Å². The van der Waals surface area contributed by atoms with E-state index in [1.54, 1.807) is 0 Å². The first-order valence-electron chi connectivity index (χ1n) is 8.08. The van der Waals surface area contributed by atoms with Crippen molar-refractivity contribution in [1.82, 2.24) is 14.9 Å². The molecule has 0 aliphatic rings. The van der Waals surface area contributed by atoms with E-state index in [2.05, 4.69) is 19.6 Å². The number of sulfonamides is 1. The minimum absolute atomic E-state index is 0.0494. The van der Waals surface area contributed by atoms with Crippen molar-refractivity contribution in [1.29, 1.82) is 0 Å². The lowest BCUT2D eigenvalue weighted by atomic mass is 10.1. The Morgan fingerprint density at radius 2 is 2.00 bits per heavy atom. The number of rotatable bonds is 6.